The summed E-state index contributed by atoms with van der Waals surface area (Å²) < 4.78 is 5.39. The Labute approximate surface area is 147 Å². The van der Waals surface area contributed by atoms with Gasteiger partial charge in [-0.1, -0.05) is 42.5 Å². The van der Waals surface area contributed by atoms with Crippen LogP contribution in [0.3, 0.4) is 0 Å². The lowest BCUT2D eigenvalue weighted by atomic mass is 10.0. The molecule has 0 heterocycles. The summed E-state index contributed by atoms with van der Waals surface area (Å²) in [5, 5.41) is 11.9. The molecule has 5 nitrogen and oxygen atoms in total. The van der Waals surface area contributed by atoms with Gasteiger partial charge in [0.1, 0.15) is 5.75 Å². The largest absolute Gasteiger partial charge is 0.494 e. The molecule has 0 aliphatic carbocycles. The van der Waals surface area contributed by atoms with Crippen molar-refractivity contribution in [3.8, 4) is 5.75 Å². The van der Waals surface area contributed by atoms with Crippen LogP contribution in [0.1, 0.15) is 36.9 Å². The van der Waals surface area contributed by atoms with Gasteiger partial charge in [0.05, 0.1) is 19.1 Å². The number of carboxylic acids is 1. The summed E-state index contributed by atoms with van der Waals surface area (Å²) >= 11 is 0. The molecule has 5 heteroatoms. The number of ether oxygens (including phenoxy) is 1. The SMILES string of the molecule is CCOc1ccc(CCC(=O)NC(CC(=O)O)c2ccccc2)cc1. The maximum absolute atomic E-state index is 12.2. The number of carbonyl (C=O) groups is 2. The average Bonchev–Trinajstić information content (AvgIpc) is 2.61. The first-order valence-electron chi connectivity index (χ1n) is 8.36. The van der Waals surface area contributed by atoms with Crippen molar-refractivity contribution in [2.24, 2.45) is 0 Å². The Morgan fingerprint density at radius 1 is 1.08 bits per heavy atom. The van der Waals surface area contributed by atoms with Crippen molar-refractivity contribution in [3.63, 3.8) is 0 Å². The van der Waals surface area contributed by atoms with Gasteiger partial charge in [-0.05, 0) is 36.6 Å². The molecule has 0 saturated carbocycles. The number of carboxylic acid groups (broad SMARTS) is 1. The topological polar surface area (TPSA) is 75.6 Å². The van der Waals surface area contributed by atoms with Crippen molar-refractivity contribution in [1.82, 2.24) is 5.32 Å². The van der Waals surface area contributed by atoms with Crippen molar-refractivity contribution in [2.45, 2.75) is 32.2 Å². The number of hydrogen-bond donors (Lipinski definition) is 2. The minimum atomic E-state index is -0.944. The van der Waals surface area contributed by atoms with Gasteiger partial charge in [-0.15, -0.1) is 0 Å². The Hall–Kier alpha value is -2.82. The van der Waals surface area contributed by atoms with Crippen LogP contribution in [0.5, 0.6) is 5.75 Å². The molecular formula is C20H23NO4. The molecule has 0 bridgehead atoms. The van der Waals surface area contributed by atoms with Crippen LogP contribution >= 0.6 is 0 Å². The summed E-state index contributed by atoms with van der Waals surface area (Å²) in [6, 6.07) is 16.3. The van der Waals surface area contributed by atoms with Gasteiger partial charge < -0.3 is 15.2 Å². The van der Waals surface area contributed by atoms with E-state index in [4.69, 9.17) is 9.84 Å². The fourth-order valence-electron chi connectivity index (χ4n) is 2.56. The van der Waals surface area contributed by atoms with Crippen LogP contribution in [-0.2, 0) is 16.0 Å². The van der Waals surface area contributed by atoms with E-state index in [0.29, 0.717) is 19.4 Å². The smallest absolute Gasteiger partial charge is 0.305 e. The van der Waals surface area contributed by atoms with Crippen LogP contribution < -0.4 is 10.1 Å². The van der Waals surface area contributed by atoms with Crippen molar-refractivity contribution in [3.05, 3.63) is 65.7 Å². The number of aryl methyl sites for hydroxylation is 1. The maximum Gasteiger partial charge on any atom is 0.305 e. The first-order valence-corrected chi connectivity index (χ1v) is 8.36. The number of nitrogens with one attached hydrogen (secondary N) is 1. The van der Waals surface area contributed by atoms with Crippen LogP contribution in [0.15, 0.2) is 54.6 Å². The molecule has 2 rings (SSSR count). The zero-order valence-corrected chi connectivity index (χ0v) is 14.3. The summed E-state index contributed by atoms with van der Waals surface area (Å²) in [6.45, 7) is 2.55. The third kappa shape index (κ3) is 6.30. The van der Waals surface area contributed by atoms with E-state index in [0.717, 1.165) is 16.9 Å². The van der Waals surface area contributed by atoms with Gasteiger partial charge in [-0.25, -0.2) is 0 Å². The molecule has 2 aromatic carbocycles. The summed E-state index contributed by atoms with van der Waals surface area (Å²) in [4.78, 5) is 23.3. The highest BCUT2D eigenvalue weighted by Gasteiger charge is 2.17. The molecule has 0 spiro atoms. The van der Waals surface area contributed by atoms with Crippen molar-refractivity contribution >= 4 is 11.9 Å². The van der Waals surface area contributed by atoms with Crippen molar-refractivity contribution < 1.29 is 19.4 Å². The molecule has 1 unspecified atom stereocenters. The number of aliphatic carboxylic acids is 1. The van der Waals surface area contributed by atoms with Crippen LogP contribution in [-0.4, -0.2) is 23.6 Å². The number of amides is 1. The van der Waals surface area contributed by atoms with Gasteiger partial charge >= 0.3 is 5.97 Å². The Kier molecular flexibility index (Phi) is 7.01. The number of benzene rings is 2. The maximum atomic E-state index is 12.2. The molecule has 0 saturated heterocycles. The van der Waals surface area contributed by atoms with Crippen LogP contribution in [0, 0.1) is 0 Å². The summed E-state index contributed by atoms with van der Waals surface area (Å²) in [7, 11) is 0. The van der Waals surface area contributed by atoms with E-state index in [1.165, 1.54) is 0 Å². The lowest BCUT2D eigenvalue weighted by Crippen LogP contribution is -2.30. The van der Waals surface area contributed by atoms with Crippen molar-refractivity contribution in [1.29, 1.82) is 0 Å². The number of carbonyl (C=O) groups excluding carboxylic acids is 1. The Morgan fingerprint density at radius 3 is 2.36 bits per heavy atom. The lowest BCUT2D eigenvalue weighted by molar-refractivity contribution is -0.137. The Bertz CT molecular complexity index is 683. The molecule has 0 aromatic heterocycles. The predicted octanol–water partition coefficient (Wildman–Crippen LogP) is 3.35. The Morgan fingerprint density at radius 2 is 1.76 bits per heavy atom. The van der Waals surface area contributed by atoms with E-state index in [1.54, 1.807) is 0 Å². The standard InChI is InChI=1S/C20H23NO4/c1-2-25-17-11-8-15(9-12-17)10-13-19(22)21-18(14-20(23)24)16-6-4-3-5-7-16/h3-9,11-12,18H,2,10,13-14H2,1H3,(H,21,22)(H,23,24). The first kappa shape index (κ1) is 18.5. The second-order valence-corrected chi connectivity index (χ2v) is 5.71. The fourth-order valence-corrected chi connectivity index (χ4v) is 2.56. The van der Waals surface area contributed by atoms with E-state index in [2.05, 4.69) is 5.32 Å². The molecule has 132 valence electrons. The normalized spacial score (nSPS) is 11.6. The minimum absolute atomic E-state index is 0.140. The van der Waals surface area contributed by atoms with Gasteiger partial charge in [0.25, 0.3) is 0 Å². The zero-order valence-electron chi connectivity index (χ0n) is 14.3. The second-order valence-electron chi connectivity index (χ2n) is 5.71. The lowest BCUT2D eigenvalue weighted by Gasteiger charge is -2.17. The molecule has 0 aliphatic rings. The van der Waals surface area contributed by atoms with Gasteiger partial charge in [0, 0.05) is 6.42 Å². The van der Waals surface area contributed by atoms with Crippen LogP contribution in [0.2, 0.25) is 0 Å². The molecular weight excluding hydrogens is 318 g/mol. The van der Waals surface area contributed by atoms with Gasteiger partial charge in [-0.3, -0.25) is 9.59 Å². The average molecular weight is 341 g/mol. The molecule has 1 amide bonds. The van der Waals surface area contributed by atoms with E-state index in [-0.39, 0.29) is 12.3 Å². The highest BCUT2D eigenvalue weighted by Crippen LogP contribution is 2.17. The number of rotatable bonds is 9. The molecule has 2 N–H and O–H groups in total. The van der Waals surface area contributed by atoms with Gasteiger partial charge in [0.15, 0.2) is 0 Å². The third-order valence-electron chi connectivity index (χ3n) is 3.79. The molecule has 0 radical (unpaired) electrons. The fraction of sp³-hybridized carbons (Fsp3) is 0.300. The van der Waals surface area contributed by atoms with E-state index >= 15 is 0 Å². The predicted molar refractivity (Wildman–Crippen MR) is 95.5 cm³/mol. The van der Waals surface area contributed by atoms with E-state index in [9.17, 15) is 9.59 Å². The summed E-state index contributed by atoms with van der Waals surface area (Å²) in [6.07, 6.45) is 0.753. The minimum Gasteiger partial charge on any atom is -0.494 e. The third-order valence-corrected chi connectivity index (χ3v) is 3.79. The van der Waals surface area contributed by atoms with E-state index in [1.807, 2.05) is 61.5 Å². The molecule has 0 aliphatic heterocycles. The molecule has 1 atom stereocenters. The Balaban J connectivity index is 1.91. The number of hydrogen-bond acceptors (Lipinski definition) is 3. The molecule has 25 heavy (non-hydrogen) atoms. The second kappa shape index (κ2) is 9.47. The van der Waals surface area contributed by atoms with Crippen molar-refractivity contribution in [2.75, 3.05) is 6.61 Å². The van der Waals surface area contributed by atoms with E-state index < -0.39 is 12.0 Å². The quantitative estimate of drug-likeness (QED) is 0.733. The highest BCUT2D eigenvalue weighted by atomic mass is 16.5. The molecule has 2 aromatic rings. The molecule has 0 fully saturated rings. The van der Waals surface area contributed by atoms with Gasteiger partial charge in [-0.2, -0.15) is 0 Å². The summed E-state index contributed by atoms with van der Waals surface area (Å²) in [5.41, 5.74) is 1.83. The van der Waals surface area contributed by atoms with Crippen LogP contribution in [0.25, 0.3) is 0 Å². The highest BCUT2D eigenvalue weighted by molar-refractivity contribution is 5.78. The first-order chi connectivity index (χ1) is 12.1. The zero-order chi connectivity index (χ0) is 18.1. The summed E-state index contributed by atoms with van der Waals surface area (Å²) in [5.74, 6) is -0.300. The van der Waals surface area contributed by atoms with Gasteiger partial charge in [0.2, 0.25) is 5.91 Å². The van der Waals surface area contributed by atoms with Crippen LogP contribution in [0.4, 0.5) is 0 Å². The monoisotopic (exact) mass is 341 g/mol.